The van der Waals surface area contributed by atoms with Gasteiger partial charge in [-0.25, -0.2) is 0 Å². The normalized spacial score (nSPS) is 20.7. The predicted molar refractivity (Wildman–Crippen MR) is 84.9 cm³/mol. The first-order chi connectivity index (χ1) is 10.0. The summed E-state index contributed by atoms with van der Waals surface area (Å²) in [6, 6.07) is 6.64. The van der Waals surface area contributed by atoms with Gasteiger partial charge in [-0.05, 0) is 56.2 Å². The van der Waals surface area contributed by atoms with Crippen LogP contribution in [0.4, 0.5) is 0 Å². The Bertz CT molecular complexity index is 518. The van der Waals surface area contributed by atoms with Crippen LogP contribution in [0.25, 0.3) is 0 Å². The van der Waals surface area contributed by atoms with Crippen LogP contribution in [0.3, 0.4) is 0 Å². The number of rotatable bonds is 6. The summed E-state index contributed by atoms with van der Waals surface area (Å²) in [5.41, 5.74) is 3.66. The summed E-state index contributed by atoms with van der Waals surface area (Å²) in [5, 5.41) is 8.98. The molecule has 1 aromatic rings. The third-order valence-electron chi connectivity index (χ3n) is 4.49. The summed E-state index contributed by atoms with van der Waals surface area (Å²) in [4.78, 5) is 14.1. The van der Waals surface area contributed by atoms with E-state index in [1.54, 1.807) is 0 Å². The zero-order chi connectivity index (χ0) is 15.4. The Kier molecular flexibility index (Phi) is 5.18. The molecule has 0 unspecified atom stereocenters. The SMILES string of the molecule is C=CC(=O)N(Cc1ccc(C)cc1C)C1CC(CCO)C1. The molecule has 1 aromatic carbocycles. The lowest BCUT2D eigenvalue weighted by Gasteiger charge is -2.43. The van der Waals surface area contributed by atoms with E-state index in [2.05, 4.69) is 38.6 Å². The number of nitrogens with zero attached hydrogens (tertiary/aromatic N) is 1. The Morgan fingerprint density at radius 2 is 2.14 bits per heavy atom. The lowest BCUT2D eigenvalue weighted by molar-refractivity contribution is -0.132. The molecule has 0 radical (unpaired) electrons. The zero-order valence-corrected chi connectivity index (χ0v) is 13.0. The monoisotopic (exact) mass is 287 g/mol. The van der Waals surface area contributed by atoms with Crippen molar-refractivity contribution < 1.29 is 9.90 Å². The van der Waals surface area contributed by atoms with Gasteiger partial charge in [0.15, 0.2) is 0 Å². The molecule has 0 bridgehead atoms. The van der Waals surface area contributed by atoms with Gasteiger partial charge in [-0.15, -0.1) is 0 Å². The topological polar surface area (TPSA) is 40.5 Å². The molecule has 1 N–H and O–H groups in total. The van der Waals surface area contributed by atoms with Crippen molar-refractivity contribution in [2.45, 2.75) is 45.7 Å². The first-order valence-electron chi connectivity index (χ1n) is 7.65. The van der Waals surface area contributed by atoms with Crippen molar-refractivity contribution in [2.24, 2.45) is 5.92 Å². The fraction of sp³-hybridized carbons (Fsp3) is 0.500. The van der Waals surface area contributed by atoms with Crippen LogP contribution in [0.2, 0.25) is 0 Å². The van der Waals surface area contributed by atoms with Crippen LogP contribution in [-0.2, 0) is 11.3 Å². The van der Waals surface area contributed by atoms with Gasteiger partial charge in [-0.1, -0.05) is 30.3 Å². The summed E-state index contributed by atoms with van der Waals surface area (Å²) < 4.78 is 0. The summed E-state index contributed by atoms with van der Waals surface area (Å²) >= 11 is 0. The maximum atomic E-state index is 12.2. The second-order valence-corrected chi connectivity index (χ2v) is 6.10. The van der Waals surface area contributed by atoms with Crippen LogP contribution in [0, 0.1) is 19.8 Å². The van der Waals surface area contributed by atoms with Gasteiger partial charge in [0.1, 0.15) is 0 Å². The van der Waals surface area contributed by atoms with Crippen LogP contribution in [0.1, 0.15) is 36.0 Å². The number of carbonyl (C=O) groups excluding carboxylic acids is 1. The standard InChI is InChI=1S/C18H25NO2/c1-4-18(21)19(17-10-15(11-17)7-8-20)12-16-6-5-13(2)9-14(16)3/h4-6,9,15,17,20H,1,7-8,10-12H2,2-3H3. The lowest BCUT2D eigenvalue weighted by atomic mass is 9.77. The molecule has 1 aliphatic carbocycles. The molecule has 0 aromatic heterocycles. The molecule has 0 atom stereocenters. The third-order valence-corrected chi connectivity index (χ3v) is 4.49. The van der Waals surface area contributed by atoms with Crippen molar-refractivity contribution in [3.05, 3.63) is 47.5 Å². The molecule has 21 heavy (non-hydrogen) atoms. The van der Waals surface area contributed by atoms with Crippen LogP contribution in [-0.4, -0.2) is 28.6 Å². The Labute approximate surface area is 127 Å². The first-order valence-corrected chi connectivity index (χ1v) is 7.65. The molecule has 0 aliphatic heterocycles. The van der Waals surface area contributed by atoms with E-state index in [1.807, 2.05) is 4.90 Å². The molecule has 1 amide bonds. The molecule has 0 spiro atoms. The molecular weight excluding hydrogens is 262 g/mol. The Hall–Kier alpha value is -1.61. The van der Waals surface area contributed by atoms with Crippen LogP contribution >= 0.6 is 0 Å². The minimum atomic E-state index is 0.00224. The Balaban J connectivity index is 2.07. The van der Waals surface area contributed by atoms with Gasteiger partial charge in [0.2, 0.25) is 5.91 Å². The molecule has 1 fully saturated rings. The van der Waals surface area contributed by atoms with E-state index in [1.165, 1.54) is 22.8 Å². The molecule has 0 heterocycles. The quantitative estimate of drug-likeness (QED) is 0.817. The van der Waals surface area contributed by atoms with Crippen molar-refractivity contribution in [2.75, 3.05) is 6.61 Å². The fourth-order valence-corrected chi connectivity index (χ4v) is 3.08. The number of aliphatic hydroxyl groups is 1. The predicted octanol–water partition coefficient (Wildman–Crippen LogP) is 2.98. The average Bonchev–Trinajstić information content (AvgIpc) is 2.42. The van der Waals surface area contributed by atoms with Gasteiger partial charge in [0, 0.05) is 19.2 Å². The van der Waals surface area contributed by atoms with E-state index >= 15 is 0 Å². The Morgan fingerprint density at radius 3 is 2.71 bits per heavy atom. The Morgan fingerprint density at radius 1 is 1.43 bits per heavy atom. The van der Waals surface area contributed by atoms with Crippen LogP contribution in [0.15, 0.2) is 30.9 Å². The van der Waals surface area contributed by atoms with Gasteiger partial charge in [-0.2, -0.15) is 0 Å². The highest BCUT2D eigenvalue weighted by atomic mass is 16.3. The van der Waals surface area contributed by atoms with Gasteiger partial charge >= 0.3 is 0 Å². The third kappa shape index (κ3) is 3.73. The second-order valence-electron chi connectivity index (χ2n) is 6.10. The molecule has 0 saturated heterocycles. The largest absolute Gasteiger partial charge is 0.396 e. The van der Waals surface area contributed by atoms with E-state index in [0.29, 0.717) is 12.5 Å². The van der Waals surface area contributed by atoms with E-state index in [4.69, 9.17) is 5.11 Å². The summed E-state index contributed by atoms with van der Waals surface area (Å²) in [5.74, 6) is 0.557. The molecule has 2 rings (SSSR count). The minimum Gasteiger partial charge on any atom is -0.396 e. The smallest absolute Gasteiger partial charge is 0.246 e. The van der Waals surface area contributed by atoms with Crippen molar-refractivity contribution in [3.8, 4) is 0 Å². The molecule has 3 heteroatoms. The van der Waals surface area contributed by atoms with E-state index < -0.39 is 0 Å². The van der Waals surface area contributed by atoms with Crippen molar-refractivity contribution >= 4 is 5.91 Å². The van der Waals surface area contributed by atoms with E-state index in [0.717, 1.165) is 19.3 Å². The van der Waals surface area contributed by atoms with Gasteiger partial charge in [0.25, 0.3) is 0 Å². The molecule has 1 saturated carbocycles. The maximum Gasteiger partial charge on any atom is 0.246 e. The number of hydrogen-bond acceptors (Lipinski definition) is 2. The van der Waals surface area contributed by atoms with E-state index in [9.17, 15) is 4.79 Å². The summed E-state index contributed by atoms with van der Waals surface area (Å²) in [6.45, 7) is 8.68. The maximum absolute atomic E-state index is 12.2. The highest BCUT2D eigenvalue weighted by molar-refractivity contribution is 5.87. The number of amides is 1. The molecule has 114 valence electrons. The minimum absolute atomic E-state index is 0.00224. The molecular formula is C18H25NO2. The highest BCUT2D eigenvalue weighted by Crippen LogP contribution is 2.35. The molecule has 1 aliphatic rings. The number of hydrogen-bond donors (Lipinski definition) is 1. The summed E-state index contributed by atoms with van der Waals surface area (Å²) in [7, 11) is 0. The second kappa shape index (κ2) is 6.90. The highest BCUT2D eigenvalue weighted by Gasteiger charge is 2.34. The average molecular weight is 287 g/mol. The fourth-order valence-electron chi connectivity index (χ4n) is 3.08. The van der Waals surface area contributed by atoms with Crippen LogP contribution < -0.4 is 0 Å². The lowest BCUT2D eigenvalue weighted by Crippen LogP contribution is -2.47. The zero-order valence-electron chi connectivity index (χ0n) is 13.0. The van der Waals surface area contributed by atoms with Gasteiger partial charge in [0.05, 0.1) is 0 Å². The van der Waals surface area contributed by atoms with Crippen molar-refractivity contribution in [3.63, 3.8) is 0 Å². The van der Waals surface area contributed by atoms with Crippen molar-refractivity contribution in [1.29, 1.82) is 0 Å². The van der Waals surface area contributed by atoms with Gasteiger partial charge in [-0.3, -0.25) is 4.79 Å². The number of aliphatic hydroxyl groups excluding tert-OH is 1. The van der Waals surface area contributed by atoms with E-state index in [-0.39, 0.29) is 18.6 Å². The number of carbonyl (C=O) groups is 1. The van der Waals surface area contributed by atoms with Crippen LogP contribution in [0.5, 0.6) is 0 Å². The van der Waals surface area contributed by atoms with Gasteiger partial charge < -0.3 is 10.0 Å². The van der Waals surface area contributed by atoms with Crippen molar-refractivity contribution in [1.82, 2.24) is 4.90 Å². The molecule has 3 nitrogen and oxygen atoms in total. The number of benzene rings is 1. The first kappa shape index (κ1) is 15.8. The number of aryl methyl sites for hydroxylation is 2. The summed E-state index contributed by atoms with van der Waals surface area (Å²) in [6.07, 6.45) is 4.23.